The van der Waals surface area contributed by atoms with E-state index in [1.807, 2.05) is 23.0 Å². The third kappa shape index (κ3) is 7.54. The molecule has 0 saturated carbocycles. The maximum absolute atomic E-state index is 12.6. The van der Waals surface area contributed by atoms with Gasteiger partial charge in [0, 0.05) is 31.5 Å². The summed E-state index contributed by atoms with van der Waals surface area (Å²) in [5, 5.41) is 25.5. The van der Waals surface area contributed by atoms with Gasteiger partial charge < -0.3 is 25.2 Å². The van der Waals surface area contributed by atoms with Crippen LogP contribution in [-0.4, -0.2) is 72.6 Å². The number of hydrogen-bond donors (Lipinski definition) is 3. The van der Waals surface area contributed by atoms with Gasteiger partial charge in [0.1, 0.15) is 5.75 Å². The van der Waals surface area contributed by atoms with Crippen LogP contribution in [0.15, 0.2) is 54.7 Å². The van der Waals surface area contributed by atoms with Crippen LogP contribution in [0.4, 0.5) is 5.69 Å². The predicted molar refractivity (Wildman–Crippen MR) is 172 cm³/mol. The zero-order valence-corrected chi connectivity index (χ0v) is 27.0. The molecular weight excluding hydrogens is 558 g/mol. The summed E-state index contributed by atoms with van der Waals surface area (Å²) in [6.07, 6.45) is 7.30. The molecule has 0 spiro atoms. The highest BCUT2D eigenvalue weighted by atomic mass is 28.3. The van der Waals surface area contributed by atoms with Gasteiger partial charge in [-0.25, -0.2) is 0 Å². The lowest BCUT2D eigenvalue weighted by molar-refractivity contribution is -0.117. The summed E-state index contributed by atoms with van der Waals surface area (Å²) in [4.78, 5) is 12.6. The van der Waals surface area contributed by atoms with E-state index in [0.29, 0.717) is 17.9 Å². The molecule has 9 nitrogen and oxygen atoms in total. The van der Waals surface area contributed by atoms with Crippen LogP contribution in [0, 0.1) is 5.92 Å². The molecule has 2 aliphatic rings. The Labute approximate surface area is 256 Å². The number of carbonyl (C=O) groups is 1. The van der Waals surface area contributed by atoms with Crippen LogP contribution in [0.1, 0.15) is 43.9 Å². The predicted octanol–water partition coefficient (Wildman–Crippen LogP) is 3.92. The van der Waals surface area contributed by atoms with Crippen LogP contribution in [0.5, 0.6) is 5.75 Å². The average Bonchev–Trinajstić information content (AvgIpc) is 3.77. The van der Waals surface area contributed by atoms with Crippen molar-refractivity contribution in [1.29, 1.82) is 0 Å². The molecule has 1 aromatic heterocycles. The molecule has 2 aliphatic heterocycles. The number of methoxy groups -OCH3 is 1. The molecule has 0 bridgehead atoms. The summed E-state index contributed by atoms with van der Waals surface area (Å²) in [6, 6.07) is 16.8. The summed E-state index contributed by atoms with van der Waals surface area (Å²) in [5.74, 6) is 1.32. The first-order valence-corrected chi connectivity index (χ1v) is 18.8. The second kappa shape index (κ2) is 14.2. The quantitative estimate of drug-likeness (QED) is 0.253. The van der Waals surface area contributed by atoms with Crippen molar-refractivity contribution < 1.29 is 19.4 Å². The second-order valence-electron chi connectivity index (χ2n) is 12.7. The number of benzene rings is 2. The first-order chi connectivity index (χ1) is 20.8. The molecule has 0 aliphatic carbocycles. The molecule has 0 unspecified atom stereocenters. The number of anilines is 1. The first kappa shape index (κ1) is 31.4. The van der Waals surface area contributed by atoms with Gasteiger partial charge in [0.2, 0.25) is 5.91 Å². The molecule has 3 N–H and O–H groups in total. The van der Waals surface area contributed by atoms with E-state index in [0.717, 1.165) is 62.3 Å². The highest BCUT2D eigenvalue weighted by Gasteiger charge is 2.50. The van der Waals surface area contributed by atoms with Gasteiger partial charge in [0.15, 0.2) is 0 Å². The third-order valence-corrected chi connectivity index (χ3v) is 13.8. The number of aliphatic hydroxyl groups is 1. The fourth-order valence-corrected chi connectivity index (χ4v) is 11.2. The number of amides is 1. The van der Waals surface area contributed by atoms with Crippen LogP contribution in [0.3, 0.4) is 0 Å². The number of rotatable bonds is 13. The third-order valence-electron chi connectivity index (χ3n) is 9.46. The fraction of sp³-hybridized carbons (Fsp3) is 0.545. The Morgan fingerprint density at radius 1 is 1.16 bits per heavy atom. The van der Waals surface area contributed by atoms with Gasteiger partial charge in [0.05, 0.1) is 39.1 Å². The maximum Gasteiger partial charge on any atom is 0.241 e. The monoisotopic (exact) mass is 605 g/mol. The minimum Gasteiger partial charge on any atom is -0.497 e. The number of aliphatic hydroxyl groups excluding tert-OH is 1. The van der Waals surface area contributed by atoms with Crippen LogP contribution in [0.2, 0.25) is 18.6 Å². The Morgan fingerprint density at radius 3 is 2.70 bits per heavy atom. The minimum atomic E-state index is -1.96. The summed E-state index contributed by atoms with van der Waals surface area (Å²) in [7, 11) is -0.251. The molecule has 5 atom stereocenters. The van der Waals surface area contributed by atoms with E-state index in [1.165, 1.54) is 10.8 Å². The van der Waals surface area contributed by atoms with Gasteiger partial charge in [0.25, 0.3) is 0 Å². The molecule has 43 heavy (non-hydrogen) atoms. The lowest BCUT2D eigenvalue weighted by Gasteiger charge is -2.36. The molecule has 3 aromatic rings. The van der Waals surface area contributed by atoms with Crippen molar-refractivity contribution >= 4 is 24.9 Å². The number of hydrogen-bond acceptors (Lipinski definition) is 7. The number of carbonyl (C=O) groups excluding carboxylic acids is 1. The highest BCUT2D eigenvalue weighted by molar-refractivity contribution is 6.91. The fourth-order valence-electron chi connectivity index (χ4n) is 7.10. The van der Waals surface area contributed by atoms with Crippen LogP contribution in [-0.2, 0) is 28.9 Å². The molecular formula is C33H47N5O4Si. The zero-order chi connectivity index (χ0) is 30.4. The second-order valence-corrected chi connectivity index (χ2v) is 17.3. The molecule has 2 fully saturated rings. The molecule has 232 valence electrons. The number of nitrogens with one attached hydrogen (secondary N) is 2. The van der Waals surface area contributed by atoms with Gasteiger partial charge in [-0.1, -0.05) is 54.7 Å². The van der Waals surface area contributed by atoms with E-state index >= 15 is 0 Å². The number of ether oxygens (including phenoxy) is 2. The van der Waals surface area contributed by atoms with Gasteiger partial charge in [-0.3, -0.25) is 9.48 Å². The average molecular weight is 606 g/mol. The maximum atomic E-state index is 12.6. The number of nitrogens with zero attached hydrogens (tertiary/aromatic N) is 3. The van der Waals surface area contributed by atoms with E-state index in [9.17, 15) is 9.90 Å². The van der Waals surface area contributed by atoms with Crippen molar-refractivity contribution in [2.24, 2.45) is 5.92 Å². The largest absolute Gasteiger partial charge is 0.497 e. The van der Waals surface area contributed by atoms with Gasteiger partial charge in [-0.05, 0) is 79.9 Å². The van der Waals surface area contributed by atoms with Gasteiger partial charge >= 0.3 is 0 Å². The summed E-state index contributed by atoms with van der Waals surface area (Å²) in [5.41, 5.74) is 3.30. The smallest absolute Gasteiger partial charge is 0.241 e. The number of aromatic nitrogens is 3. The van der Waals surface area contributed by atoms with E-state index in [2.05, 4.69) is 77.4 Å². The molecule has 2 saturated heterocycles. The molecule has 2 aromatic carbocycles. The molecule has 10 heteroatoms. The molecule has 0 radical (unpaired) electrons. The minimum absolute atomic E-state index is 0.0506. The lowest BCUT2D eigenvalue weighted by atomic mass is 9.95. The van der Waals surface area contributed by atoms with Crippen LogP contribution in [0.25, 0.3) is 0 Å². The topological polar surface area (TPSA) is 111 Å². The SMILES string of the molecule is COc1ccc([Si](C)(C)[C@@H]2[C@@H](C)[C@@H](CCc3cccc(NC(=O)[C@H]4CCCN4)c3)O[C@H]2CCn2cc(CCO)nn2)cc1. The van der Waals surface area contributed by atoms with Crippen molar-refractivity contribution in [1.82, 2.24) is 20.3 Å². The normalized spacial score (nSPS) is 23.9. The van der Waals surface area contributed by atoms with E-state index in [4.69, 9.17) is 9.47 Å². The zero-order valence-electron chi connectivity index (χ0n) is 26.0. The van der Waals surface area contributed by atoms with E-state index in [-0.39, 0.29) is 30.8 Å². The lowest BCUT2D eigenvalue weighted by Crippen LogP contribution is -2.50. The Bertz CT molecular complexity index is 1340. The molecule has 1 amide bonds. The van der Waals surface area contributed by atoms with Crippen LogP contribution < -0.4 is 20.6 Å². The molecule has 3 heterocycles. The van der Waals surface area contributed by atoms with Gasteiger partial charge in [-0.2, -0.15) is 0 Å². The number of aryl methyl sites for hydroxylation is 2. The van der Waals surface area contributed by atoms with Crippen molar-refractivity contribution in [2.75, 3.05) is 25.6 Å². The Hall–Kier alpha value is -3.05. The van der Waals surface area contributed by atoms with Crippen molar-refractivity contribution in [2.45, 2.75) is 88.9 Å². The summed E-state index contributed by atoms with van der Waals surface area (Å²) >= 11 is 0. The van der Waals surface area contributed by atoms with Crippen molar-refractivity contribution in [3.63, 3.8) is 0 Å². The Balaban J connectivity index is 1.29. The van der Waals surface area contributed by atoms with E-state index in [1.54, 1.807) is 7.11 Å². The first-order valence-electron chi connectivity index (χ1n) is 15.7. The van der Waals surface area contributed by atoms with Crippen molar-refractivity contribution in [3.8, 4) is 5.75 Å². The van der Waals surface area contributed by atoms with Crippen molar-refractivity contribution in [3.05, 3.63) is 66.0 Å². The standard InChI is InChI=1S/C33H47N5O4Si/c1-23-30(15-10-24-7-5-8-25(21-24)35-33(40)29-9-6-18-34-29)42-31(16-19-38-22-26(17-20-39)36-37-38)32(23)43(3,4)28-13-11-27(41-2)12-14-28/h5,7-8,11-14,21-23,29-32,34,39H,6,9-10,15-20H2,1-4H3,(H,35,40)/t23-,29+,30+,31-,32+/m0/s1. The van der Waals surface area contributed by atoms with Gasteiger partial charge in [-0.15, -0.1) is 5.10 Å². The summed E-state index contributed by atoms with van der Waals surface area (Å²) < 4.78 is 14.2. The van der Waals surface area contributed by atoms with Crippen LogP contribution >= 0.6 is 0 Å². The highest BCUT2D eigenvalue weighted by Crippen LogP contribution is 2.46. The summed E-state index contributed by atoms with van der Waals surface area (Å²) in [6.45, 7) is 9.00. The van der Waals surface area contributed by atoms with E-state index < -0.39 is 8.07 Å². The molecule has 5 rings (SSSR count). The Morgan fingerprint density at radius 2 is 1.98 bits per heavy atom. The Kier molecular flexibility index (Phi) is 10.3.